The van der Waals surface area contributed by atoms with Crippen LogP contribution in [0.4, 0.5) is 0 Å². The summed E-state index contributed by atoms with van der Waals surface area (Å²) in [6.07, 6.45) is 6.52. The van der Waals surface area contributed by atoms with E-state index >= 15 is 0 Å². The number of rotatable bonds is 10. The van der Waals surface area contributed by atoms with Gasteiger partial charge in [0.2, 0.25) is 0 Å². The summed E-state index contributed by atoms with van der Waals surface area (Å²) < 4.78 is 5.06. The highest BCUT2D eigenvalue weighted by atomic mass is 16.6. The molecule has 0 aliphatic heterocycles. The van der Waals surface area contributed by atoms with Crippen molar-refractivity contribution in [3.8, 4) is 0 Å². The molecule has 0 bridgehead atoms. The summed E-state index contributed by atoms with van der Waals surface area (Å²) in [5, 5.41) is 17.1. The van der Waals surface area contributed by atoms with E-state index in [0.717, 1.165) is 11.9 Å². The molecule has 0 saturated heterocycles. The smallest absolute Gasteiger partial charge is 0.130 e. The van der Waals surface area contributed by atoms with Gasteiger partial charge in [-0.3, -0.25) is 5.41 Å². The highest BCUT2D eigenvalue weighted by Gasteiger charge is 2.08. The fourth-order valence-corrected chi connectivity index (χ4v) is 1.46. The number of ether oxygens (including phenoxy) is 1. The van der Waals surface area contributed by atoms with Crippen LogP contribution in [0, 0.1) is 5.41 Å². The molecule has 20 heavy (non-hydrogen) atoms. The van der Waals surface area contributed by atoms with Crippen molar-refractivity contribution in [2.45, 2.75) is 39.8 Å². The van der Waals surface area contributed by atoms with Gasteiger partial charge in [-0.25, -0.2) is 0 Å². The van der Waals surface area contributed by atoms with Crippen LogP contribution in [0.2, 0.25) is 0 Å². The molecule has 0 aromatic carbocycles. The Morgan fingerprint density at radius 2 is 2.05 bits per heavy atom. The highest BCUT2D eigenvalue weighted by Crippen LogP contribution is 2.07. The lowest BCUT2D eigenvalue weighted by atomic mass is 10.1. The molecule has 0 aliphatic rings. The quantitative estimate of drug-likeness (QED) is 0.248. The predicted octanol–water partition coefficient (Wildman–Crippen LogP) is 2.01. The molecule has 114 valence electrons. The molecule has 0 amide bonds. The molecule has 6 heteroatoms. The molecule has 0 aromatic heterocycles. The normalized spacial score (nSPS) is 15.8. The van der Waals surface area contributed by atoms with Gasteiger partial charge < -0.3 is 20.2 Å². The predicted molar refractivity (Wildman–Crippen MR) is 82.9 cm³/mol. The molecule has 0 rings (SSSR count). The van der Waals surface area contributed by atoms with Crippen LogP contribution in [0.25, 0.3) is 0 Å². The number of oxime groups is 1. The van der Waals surface area contributed by atoms with Crippen molar-refractivity contribution in [2.75, 3.05) is 13.7 Å². The first-order valence-electron chi connectivity index (χ1n) is 6.55. The van der Waals surface area contributed by atoms with Crippen LogP contribution in [0.5, 0.6) is 0 Å². The van der Waals surface area contributed by atoms with Gasteiger partial charge in [0, 0.05) is 19.4 Å². The average molecular weight is 282 g/mol. The number of allylic oxidation sites excluding steroid dienone is 1. The topological polar surface area (TPSA) is 78.7 Å². The largest absolute Gasteiger partial charge is 0.386 e. The zero-order chi connectivity index (χ0) is 15.4. The molecule has 0 aromatic rings. The van der Waals surface area contributed by atoms with E-state index in [9.17, 15) is 0 Å². The molecule has 0 aliphatic carbocycles. The molecular formula is C14H26N4O2. The first-order valence-corrected chi connectivity index (χ1v) is 6.55. The van der Waals surface area contributed by atoms with E-state index in [1.165, 1.54) is 0 Å². The summed E-state index contributed by atoms with van der Waals surface area (Å²) in [6, 6.07) is 0.100. The van der Waals surface area contributed by atoms with Crippen LogP contribution in [-0.4, -0.2) is 38.4 Å². The van der Waals surface area contributed by atoms with Gasteiger partial charge in [-0.05, 0) is 45.5 Å². The van der Waals surface area contributed by atoms with Crippen molar-refractivity contribution in [2.24, 2.45) is 5.16 Å². The van der Waals surface area contributed by atoms with Crippen molar-refractivity contribution in [3.63, 3.8) is 0 Å². The van der Waals surface area contributed by atoms with Crippen molar-refractivity contribution in [1.29, 1.82) is 5.41 Å². The third-order valence-electron chi connectivity index (χ3n) is 2.47. The minimum absolute atomic E-state index is 0.123. The minimum Gasteiger partial charge on any atom is -0.386 e. The lowest BCUT2D eigenvalue weighted by Crippen LogP contribution is -2.30. The molecule has 0 heterocycles. The number of nitrogens with one attached hydrogen (secondary N) is 3. The lowest BCUT2D eigenvalue weighted by molar-refractivity contribution is 0.177. The Morgan fingerprint density at radius 3 is 2.60 bits per heavy atom. The summed E-state index contributed by atoms with van der Waals surface area (Å²) in [7, 11) is 1.67. The van der Waals surface area contributed by atoms with Gasteiger partial charge in [0.1, 0.15) is 5.76 Å². The van der Waals surface area contributed by atoms with Crippen LogP contribution in [-0.2, 0) is 9.57 Å². The summed E-state index contributed by atoms with van der Waals surface area (Å²) in [5.74, 6) is 0.667. The summed E-state index contributed by atoms with van der Waals surface area (Å²) in [6.45, 7) is 8.25. The molecule has 0 saturated carbocycles. The van der Waals surface area contributed by atoms with Gasteiger partial charge in [0.05, 0.1) is 19.0 Å². The Balaban J connectivity index is 4.71. The van der Waals surface area contributed by atoms with Gasteiger partial charge >= 0.3 is 0 Å². The third kappa shape index (κ3) is 8.31. The standard InChI is InChI=1S/C14H26N4O2/c1-6-18-20-13(4)7-14(17-10-15)11(2)8-16-12(3)9-19-5/h6-8,10,12,14,16H,9H2,1-5H3,(H2,15,17)/b11-8+,13-7+,18-6+/t12-,14?/m1/s1. The Kier molecular flexibility index (Phi) is 10.0. The molecule has 6 nitrogen and oxygen atoms in total. The Morgan fingerprint density at radius 1 is 1.35 bits per heavy atom. The zero-order valence-corrected chi connectivity index (χ0v) is 12.9. The molecule has 0 radical (unpaired) electrons. The Bertz CT molecular complexity index is 364. The maximum Gasteiger partial charge on any atom is 0.130 e. The van der Waals surface area contributed by atoms with Gasteiger partial charge in [-0.15, -0.1) is 0 Å². The molecule has 0 spiro atoms. The molecule has 2 atom stereocenters. The van der Waals surface area contributed by atoms with E-state index < -0.39 is 0 Å². The zero-order valence-electron chi connectivity index (χ0n) is 12.9. The van der Waals surface area contributed by atoms with E-state index in [2.05, 4.69) is 15.8 Å². The number of hydrogen-bond donors (Lipinski definition) is 3. The van der Waals surface area contributed by atoms with Crippen LogP contribution >= 0.6 is 0 Å². The Labute approximate surface area is 121 Å². The second kappa shape index (κ2) is 11.0. The van der Waals surface area contributed by atoms with Crippen molar-refractivity contribution in [3.05, 3.63) is 23.6 Å². The van der Waals surface area contributed by atoms with Gasteiger partial charge in [0.25, 0.3) is 0 Å². The fourth-order valence-electron chi connectivity index (χ4n) is 1.46. The van der Waals surface area contributed by atoms with Crippen LogP contribution < -0.4 is 10.6 Å². The van der Waals surface area contributed by atoms with E-state index in [0.29, 0.717) is 12.4 Å². The van der Waals surface area contributed by atoms with Crippen molar-refractivity contribution in [1.82, 2.24) is 10.6 Å². The number of hydrogen-bond acceptors (Lipinski definition) is 5. The first kappa shape index (κ1) is 18.2. The fraction of sp³-hybridized carbons (Fsp3) is 0.571. The highest BCUT2D eigenvalue weighted by molar-refractivity contribution is 5.53. The van der Waals surface area contributed by atoms with Crippen LogP contribution in [0.1, 0.15) is 27.7 Å². The summed E-state index contributed by atoms with van der Waals surface area (Å²) in [5.41, 5.74) is 1.03. The van der Waals surface area contributed by atoms with E-state index in [1.807, 2.05) is 33.0 Å². The maximum atomic E-state index is 7.19. The monoisotopic (exact) mass is 282 g/mol. The van der Waals surface area contributed by atoms with Gasteiger partial charge in [0.15, 0.2) is 0 Å². The number of methoxy groups -OCH3 is 1. The van der Waals surface area contributed by atoms with E-state index in [-0.39, 0.29) is 12.1 Å². The SMILES string of the molecule is C/C=N/O/C(C)=C/C(NC=N)/C(C)=C/N[C@H](C)COC. The average Bonchev–Trinajstić information content (AvgIpc) is 2.42. The van der Waals surface area contributed by atoms with Crippen molar-refractivity contribution >= 4 is 12.6 Å². The maximum absolute atomic E-state index is 7.19. The van der Waals surface area contributed by atoms with Gasteiger partial charge in [-0.1, -0.05) is 5.16 Å². The lowest BCUT2D eigenvalue weighted by Gasteiger charge is -2.17. The summed E-state index contributed by atoms with van der Waals surface area (Å²) >= 11 is 0. The molecule has 0 fully saturated rings. The summed E-state index contributed by atoms with van der Waals surface area (Å²) in [4.78, 5) is 5.13. The van der Waals surface area contributed by atoms with E-state index in [1.54, 1.807) is 20.2 Å². The van der Waals surface area contributed by atoms with E-state index in [4.69, 9.17) is 15.0 Å². The van der Waals surface area contributed by atoms with Crippen LogP contribution in [0.15, 0.2) is 28.8 Å². The molecule has 1 unspecified atom stereocenters. The first-order chi connectivity index (χ1) is 9.54. The third-order valence-corrected chi connectivity index (χ3v) is 2.47. The second-order valence-electron chi connectivity index (χ2n) is 4.43. The molecular weight excluding hydrogens is 256 g/mol. The number of nitrogens with zero attached hydrogens (tertiary/aromatic N) is 1. The Hall–Kier alpha value is -1.82. The molecule has 3 N–H and O–H groups in total. The van der Waals surface area contributed by atoms with Crippen LogP contribution in [0.3, 0.4) is 0 Å². The second-order valence-corrected chi connectivity index (χ2v) is 4.43. The minimum atomic E-state index is -0.123. The van der Waals surface area contributed by atoms with Crippen molar-refractivity contribution < 1.29 is 9.57 Å². The van der Waals surface area contributed by atoms with Gasteiger partial charge in [-0.2, -0.15) is 0 Å².